The van der Waals surface area contributed by atoms with E-state index in [1.54, 1.807) is 0 Å². The molecule has 1 saturated carbocycles. The van der Waals surface area contributed by atoms with E-state index in [1.165, 1.54) is 19.3 Å². The van der Waals surface area contributed by atoms with Gasteiger partial charge in [-0.25, -0.2) is 0 Å². The molecule has 0 unspecified atom stereocenters. The summed E-state index contributed by atoms with van der Waals surface area (Å²) in [5, 5.41) is 9.16. The van der Waals surface area contributed by atoms with Crippen LogP contribution < -0.4 is 0 Å². The van der Waals surface area contributed by atoms with Crippen LogP contribution in [0.5, 0.6) is 0 Å². The van der Waals surface area contributed by atoms with Crippen LogP contribution in [0, 0.1) is 5.41 Å². The molecule has 0 radical (unpaired) electrons. The lowest BCUT2D eigenvalue weighted by molar-refractivity contribution is -0.144. The first kappa shape index (κ1) is 14.5. The van der Waals surface area contributed by atoms with Crippen molar-refractivity contribution >= 4 is 5.91 Å². The molecule has 0 heterocycles. The maximum Gasteiger partial charge on any atom is 0.228 e. The van der Waals surface area contributed by atoms with Crippen LogP contribution in [-0.4, -0.2) is 35.1 Å². The molecule has 100 valence electrons. The minimum atomic E-state index is -0.299. The van der Waals surface area contributed by atoms with Crippen LogP contribution in [0.1, 0.15) is 59.3 Å². The van der Waals surface area contributed by atoms with Crippen molar-refractivity contribution in [3.63, 3.8) is 0 Å². The molecule has 1 rings (SSSR count). The largest absolute Gasteiger partial charge is 0.395 e. The fourth-order valence-electron chi connectivity index (χ4n) is 2.49. The predicted molar refractivity (Wildman–Crippen MR) is 69.7 cm³/mol. The fraction of sp³-hybridized carbons (Fsp3) is 0.929. The maximum atomic E-state index is 12.5. The highest BCUT2D eigenvalue weighted by Crippen LogP contribution is 2.29. The second-order valence-corrected chi connectivity index (χ2v) is 5.75. The fourth-order valence-corrected chi connectivity index (χ4v) is 2.49. The highest BCUT2D eigenvalue weighted by molar-refractivity contribution is 5.82. The molecule has 0 aromatic heterocycles. The molecule has 17 heavy (non-hydrogen) atoms. The first-order valence-electron chi connectivity index (χ1n) is 6.95. The zero-order valence-electron chi connectivity index (χ0n) is 11.5. The average molecular weight is 241 g/mol. The SMILES string of the molecule is CCC(C)(C)C(=O)N(CCO)C1CCCCC1. The Morgan fingerprint density at radius 1 is 1.29 bits per heavy atom. The molecule has 1 N–H and O–H groups in total. The van der Waals surface area contributed by atoms with Crippen LogP contribution in [-0.2, 0) is 4.79 Å². The summed E-state index contributed by atoms with van der Waals surface area (Å²) in [5.41, 5.74) is -0.299. The summed E-state index contributed by atoms with van der Waals surface area (Å²) in [4.78, 5) is 14.4. The molecule has 0 aromatic carbocycles. The quantitative estimate of drug-likeness (QED) is 0.803. The number of hydrogen-bond donors (Lipinski definition) is 1. The first-order chi connectivity index (χ1) is 8.03. The lowest BCUT2D eigenvalue weighted by Crippen LogP contribution is -2.48. The van der Waals surface area contributed by atoms with E-state index >= 15 is 0 Å². The van der Waals surface area contributed by atoms with Crippen molar-refractivity contribution in [3.8, 4) is 0 Å². The molecule has 0 bridgehead atoms. The normalized spacial score (nSPS) is 18.1. The number of aliphatic hydroxyl groups excluding tert-OH is 1. The summed E-state index contributed by atoms with van der Waals surface area (Å²) in [5.74, 6) is 0.209. The Labute approximate surface area is 105 Å². The smallest absolute Gasteiger partial charge is 0.228 e. The van der Waals surface area contributed by atoms with Gasteiger partial charge in [0.05, 0.1) is 6.61 Å². The van der Waals surface area contributed by atoms with Crippen LogP contribution >= 0.6 is 0 Å². The summed E-state index contributed by atoms with van der Waals surface area (Å²) >= 11 is 0. The van der Waals surface area contributed by atoms with Gasteiger partial charge in [-0.15, -0.1) is 0 Å². The Balaban J connectivity index is 2.73. The van der Waals surface area contributed by atoms with Gasteiger partial charge in [-0.3, -0.25) is 4.79 Å². The molecule has 1 aliphatic rings. The van der Waals surface area contributed by atoms with Gasteiger partial charge in [-0.05, 0) is 19.3 Å². The van der Waals surface area contributed by atoms with Crippen LogP contribution in [0.2, 0.25) is 0 Å². The number of hydrogen-bond acceptors (Lipinski definition) is 2. The molecule has 0 aromatic rings. The third-order valence-electron chi connectivity index (χ3n) is 4.08. The maximum absolute atomic E-state index is 12.5. The lowest BCUT2D eigenvalue weighted by atomic mass is 9.86. The number of carbonyl (C=O) groups excluding carboxylic acids is 1. The Morgan fingerprint density at radius 3 is 2.35 bits per heavy atom. The van der Waals surface area contributed by atoms with E-state index in [2.05, 4.69) is 6.92 Å². The molecular weight excluding hydrogens is 214 g/mol. The van der Waals surface area contributed by atoms with Crippen molar-refractivity contribution in [2.45, 2.75) is 65.3 Å². The number of aliphatic hydroxyl groups is 1. The lowest BCUT2D eigenvalue weighted by Gasteiger charge is -2.38. The number of rotatable bonds is 5. The van der Waals surface area contributed by atoms with Crippen molar-refractivity contribution in [1.29, 1.82) is 0 Å². The minimum Gasteiger partial charge on any atom is -0.395 e. The third-order valence-corrected chi connectivity index (χ3v) is 4.08. The molecule has 1 fully saturated rings. The standard InChI is InChI=1S/C14H27NO2/c1-4-14(2,3)13(17)15(10-11-16)12-8-6-5-7-9-12/h12,16H,4-11H2,1-3H3. The second kappa shape index (κ2) is 6.39. The van der Waals surface area contributed by atoms with Crippen LogP contribution in [0.15, 0.2) is 0 Å². The Morgan fingerprint density at radius 2 is 1.88 bits per heavy atom. The van der Waals surface area contributed by atoms with Gasteiger partial charge in [-0.1, -0.05) is 40.0 Å². The number of amides is 1. The summed E-state index contributed by atoms with van der Waals surface area (Å²) < 4.78 is 0. The van der Waals surface area contributed by atoms with Crippen molar-refractivity contribution in [2.75, 3.05) is 13.2 Å². The predicted octanol–water partition coefficient (Wildman–Crippen LogP) is 2.58. The van der Waals surface area contributed by atoms with Crippen LogP contribution in [0.4, 0.5) is 0 Å². The van der Waals surface area contributed by atoms with Crippen LogP contribution in [0.3, 0.4) is 0 Å². The third kappa shape index (κ3) is 3.70. The molecule has 0 saturated heterocycles. The zero-order chi connectivity index (χ0) is 12.9. The number of nitrogens with zero attached hydrogens (tertiary/aromatic N) is 1. The van der Waals surface area contributed by atoms with Gasteiger partial charge in [0.25, 0.3) is 0 Å². The van der Waals surface area contributed by atoms with Crippen molar-refractivity contribution in [2.24, 2.45) is 5.41 Å². The van der Waals surface area contributed by atoms with Gasteiger partial charge < -0.3 is 10.0 Å². The van der Waals surface area contributed by atoms with Gasteiger partial charge >= 0.3 is 0 Å². The highest BCUT2D eigenvalue weighted by Gasteiger charge is 2.34. The van der Waals surface area contributed by atoms with Gasteiger partial charge in [0.2, 0.25) is 5.91 Å². The topological polar surface area (TPSA) is 40.5 Å². The molecule has 0 atom stereocenters. The molecule has 1 amide bonds. The molecule has 0 spiro atoms. The zero-order valence-corrected chi connectivity index (χ0v) is 11.5. The van der Waals surface area contributed by atoms with E-state index in [1.807, 2.05) is 18.7 Å². The van der Waals surface area contributed by atoms with Crippen molar-refractivity contribution in [1.82, 2.24) is 4.90 Å². The van der Waals surface area contributed by atoms with Gasteiger partial charge in [-0.2, -0.15) is 0 Å². The summed E-state index contributed by atoms with van der Waals surface area (Å²) in [6, 6.07) is 0.356. The van der Waals surface area contributed by atoms with E-state index in [4.69, 9.17) is 5.11 Å². The van der Waals surface area contributed by atoms with E-state index in [0.29, 0.717) is 12.6 Å². The van der Waals surface area contributed by atoms with E-state index in [0.717, 1.165) is 19.3 Å². The summed E-state index contributed by atoms with van der Waals surface area (Å²) in [6.45, 7) is 6.62. The van der Waals surface area contributed by atoms with E-state index in [-0.39, 0.29) is 17.9 Å². The monoisotopic (exact) mass is 241 g/mol. The molecule has 0 aliphatic heterocycles. The average Bonchev–Trinajstić information content (AvgIpc) is 2.36. The molecule has 3 heteroatoms. The highest BCUT2D eigenvalue weighted by atomic mass is 16.3. The van der Waals surface area contributed by atoms with E-state index in [9.17, 15) is 4.79 Å². The minimum absolute atomic E-state index is 0.0715. The molecule has 3 nitrogen and oxygen atoms in total. The van der Waals surface area contributed by atoms with E-state index < -0.39 is 0 Å². The first-order valence-corrected chi connectivity index (χ1v) is 6.95. The van der Waals surface area contributed by atoms with Crippen LogP contribution in [0.25, 0.3) is 0 Å². The molecule has 1 aliphatic carbocycles. The second-order valence-electron chi connectivity index (χ2n) is 5.75. The number of carbonyl (C=O) groups is 1. The van der Waals surface area contributed by atoms with Gasteiger partial charge in [0.15, 0.2) is 0 Å². The summed E-state index contributed by atoms with van der Waals surface area (Å²) in [7, 11) is 0. The van der Waals surface area contributed by atoms with Crippen molar-refractivity contribution in [3.05, 3.63) is 0 Å². The Kier molecular flexibility index (Phi) is 5.44. The Hall–Kier alpha value is -0.570. The van der Waals surface area contributed by atoms with Gasteiger partial charge in [0, 0.05) is 18.0 Å². The summed E-state index contributed by atoms with van der Waals surface area (Å²) in [6.07, 6.45) is 6.77. The van der Waals surface area contributed by atoms with Gasteiger partial charge in [0.1, 0.15) is 0 Å². The Bertz CT molecular complexity index is 245. The molecular formula is C14H27NO2. The van der Waals surface area contributed by atoms with Crippen molar-refractivity contribution < 1.29 is 9.90 Å².